The van der Waals surface area contributed by atoms with E-state index in [4.69, 9.17) is 9.26 Å². The van der Waals surface area contributed by atoms with Crippen LogP contribution in [-0.2, 0) is 24.3 Å². The fourth-order valence-corrected chi connectivity index (χ4v) is 3.87. The van der Waals surface area contributed by atoms with E-state index in [0.29, 0.717) is 26.2 Å². The van der Waals surface area contributed by atoms with Crippen LogP contribution in [0.2, 0.25) is 0 Å². The first kappa shape index (κ1) is 16.2. The molecule has 2 aliphatic heterocycles. The number of nitrogens with zero attached hydrogens (tertiary/aromatic N) is 5. The number of ether oxygens (including phenoxy) is 1. The van der Waals surface area contributed by atoms with E-state index >= 15 is 0 Å². The Morgan fingerprint density at radius 3 is 2.85 bits per heavy atom. The average molecular weight is 365 g/mol. The van der Waals surface area contributed by atoms with Gasteiger partial charge < -0.3 is 18.7 Å². The van der Waals surface area contributed by atoms with Crippen molar-refractivity contribution in [1.82, 2.24) is 24.8 Å². The van der Waals surface area contributed by atoms with Crippen molar-refractivity contribution in [3.05, 3.63) is 65.6 Å². The molecule has 1 saturated heterocycles. The molecule has 1 atom stereocenters. The maximum absolute atomic E-state index is 12.5. The standard InChI is InChI=1S/C19H19N5O3/c25-18(15-6-8-20-27-15)23-9-7-19(12-23)13-24-16(21-22-17(24)11-26-19)10-14-4-2-1-3-5-14/h1-6,8H,7,9-13H2. The quantitative estimate of drug-likeness (QED) is 0.702. The van der Waals surface area contributed by atoms with E-state index in [1.54, 1.807) is 11.0 Å². The number of fused-ring (bicyclic) bond motifs is 1. The van der Waals surface area contributed by atoms with E-state index in [9.17, 15) is 4.79 Å². The second-order valence-corrected chi connectivity index (χ2v) is 7.11. The van der Waals surface area contributed by atoms with E-state index in [1.165, 1.54) is 11.8 Å². The topological polar surface area (TPSA) is 86.3 Å². The predicted molar refractivity (Wildman–Crippen MR) is 93.8 cm³/mol. The molecule has 5 rings (SSSR count). The van der Waals surface area contributed by atoms with E-state index in [0.717, 1.165) is 24.5 Å². The molecule has 8 heteroatoms. The van der Waals surface area contributed by atoms with Crippen LogP contribution in [0.1, 0.15) is 34.2 Å². The van der Waals surface area contributed by atoms with E-state index in [1.807, 2.05) is 18.2 Å². The Morgan fingerprint density at radius 1 is 1.15 bits per heavy atom. The van der Waals surface area contributed by atoms with Gasteiger partial charge in [0.25, 0.3) is 5.91 Å². The van der Waals surface area contributed by atoms with Crippen molar-refractivity contribution in [1.29, 1.82) is 0 Å². The number of carbonyl (C=O) groups excluding carboxylic acids is 1. The predicted octanol–water partition coefficient (Wildman–Crippen LogP) is 1.67. The molecule has 1 aromatic carbocycles. The molecule has 0 radical (unpaired) electrons. The molecule has 1 spiro atoms. The summed E-state index contributed by atoms with van der Waals surface area (Å²) < 4.78 is 13.3. The summed E-state index contributed by atoms with van der Waals surface area (Å²) >= 11 is 0. The first-order chi connectivity index (χ1) is 13.2. The maximum Gasteiger partial charge on any atom is 0.292 e. The molecule has 0 aliphatic carbocycles. The van der Waals surface area contributed by atoms with E-state index < -0.39 is 5.60 Å². The summed E-state index contributed by atoms with van der Waals surface area (Å²) in [5.41, 5.74) is 0.790. The number of hydrogen-bond donors (Lipinski definition) is 0. The highest BCUT2D eigenvalue weighted by Crippen LogP contribution is 2.33. The van der Waals surface area contributed by atoms with Gasteiger partial charge in [-0.3, -0.25) is 4.79 Å². The van der Waals surface area contributed by atoms with Gasteiger partial charge in [0.15, 0.2) is 5.82 Å². The Labute approximate surface area is 155 Å². The Morgan fingerprint density at radius 2 is 2.04 bits per heavy atom. The number of likely N-dealkylation sites (tertiary alicyclic amines) is 1. The van der Waals surface area contributed by atoms with Crippen molar-refractivity contribution in [3.8, 4) is 0 Å². The molecule has 1 unspecified atom stereocenters. The lowest BCUT2D eigenvalue weighted by molar-refractivity contribution is -0.0815. The molecular formula is C19H19N5O3. The van der Waals surface area contributed by atoms with Crippen LogP contribution in [0.5, 0.6) is 0 Å². The smallest absolute Gasteiger partial charge is 0.292 e. The Kier molecular flexibility index (Phi) is 3.78. The number of benzene rings is 1. The molecule has 0 saturated carbocycles. The van der Waals surface area contributed by atoms with Crippen LogP contribution in [0, 0.1) is 0 Å². The lowest BCUT2D eigenvalue weighted by Crippen LogP contribution is -2.45. The van der Waals surface area contributed by atoms with Crippen LogP contribution in [0.15, 0.2) is 47.1 Å². The summed E-state index contributed by atoms with van der Waals surface area (Å²) in [7, 11) is 0. The molecule has 138 valence electrons. The summed E-state index contributed by atoms with van der Waals surface area (Å²) in [5, 5.41) is 12.3. The third kappa shape index (κ3) is 2.91. The zero-order valence-electron chi connectivity index (χ0n) is 14.7. The van der Waals surface area contributed by atoms with Crippen LogP contribution >= 0.6 is 0 Å². The molecule has 1 amide bonds. The summed E-state index contributed by atoms with van der Waals surface area (Å²) in [6.45, 7) is 2.21. The normalized spacial score (nSPS) is 21.6. The average Bonchev–Trinajstić information content (AvgIpc) is 3.44. The van der Waals surface area contributed by atoms with Crippen LogP contribution in [-0.4, -0.2) is 49.4 Å². The van der Waals surface area contributed by atoms with Crippen LogP contribution in [0.4, 0.5) is 0 Å². The van der Waals surface area contributed by atoms with Crippen LogP contribution in [0.25, 0.3) is 0 Å². The van der Waals surface area contributed by atoms with Crippen molar-refractivity contribution in [2.45, 2.75) is 31.6 Å². The van der Waals surface area contributed by atoms with Gasteiger partial charge in [0.1, 0.15) is 18.0 Å². The van der Waals surface area contributed by atoms with Gasteiger partial charge in [-0.25, -0.2) is 0 Å². The number of aromatic nitrogens is 4. The molecule has 8 nitrogen and oxygen atoms in total. The zero-order chi connectivity index (χ0) is 18.3. The highest BCUT2D eigenvalue weighted by Gasteiger charge is 2.45. The van der Waals surface area contributed by atoms with Crippen molar-refractivity contribution in [3.63, 3.8) is 0 Å². The third-order valence-electron chi connectivity index (χ3n) is 5.31. The van der Waals surface area contributed by atoms with Crippen molar-refractivity contribution in [2.24, 2.45) is 0 Å². The minimum absolute atomic E-state index is 0.146. The molecule has 0 bridgehead atoms. The zero-order valence-corrected chi connectivity index (χ0v) is 14.7. The van der Waals surface area contributed by atoms with E-state index in [-0.39, 0.29) is 11.7 Å². The maximum atomic E-state index is 12.5. The molecule has 2 aliphatic rings. The fraction of sp³-hybridized carbons (Fsp3) is 0.368. The van der Waals surface area contributed by atoms with Crippen LogP contribution < -0.4 is 0 Å². The van der Waals surface area contributed by atoms with Gasteiger partial charge in [-0.2, -0.15) is 0 Å². The van der Waals surface area contributed by atoms with Crippen LogP contribution in [0.3, 0.4) is 0 Å². The highest BCUT2D eigenvalue weighted by atomic mass is 16.5. The Bertz CT molecular complexity index is 953. The molecule has 27 heavy (non-hydrogen) atoms. The van der Waals surface area contributed by atoms with E-state index in [2.05, 4.69) is 32.1 Å². The van der Waals surface area contributed by atoms with Gasteiger partial charge in [-0.15, -0.1) is 10.2 Å². The number of carbonyl (C=O) groups is 1. The van der Waals surface area contributed by atoms with Gasteiger partial charge >= 0.3 is 0 Å². The van der Waals surface area contributed by atoms with Gasteiger partial charge in [0, 0.05) is 19.0 Å². The lowest BCUT2D eigenvalue weighted by Gasteiger charge is -2.34. The summed E-state index contributed by atoms with van der Waals surface area (Å²) in [6, 6.07) is 11.8. The molecule has 4 heterocycles. The molecule has 3 aromatic rings. The highest BCUT2D eigenvalue weighted by molar-refractivity contribution is 5.91. The third-order valence-corrected chi connectivity index (χ3v) is 5.31. The van der Waals surface area contributed by atoms with Gasteiger partial charge in [-0.05, 0) is 12.0 Å². The van der Waals surface area contributed by atoms with Gasteiger partial charge in [0.2, 0.25) is 5.76 Å². The number of hydrogen-bond acceptors (Lipinski definition) is 6. The number of rotatable bonds is 3. The van der Waals surface area contributed by atoms with Crippen molar-refractivity contribution < 1.29 is 14.1 Å². The first-order valence-electron chi connectivity index (χ1n) is 9.01. The molecule has 1 fully saturated rings. The van der Waals surface area contributed by atoms with Crippen molar-refractivity contribution >= 4 is 5.91 Å². The Hall–Kier alpha value is -3.00. The van der Waals surface area contributed by atoms with Crippen molar-refractivity contribution in [2.75, 3.05) is 13.1 Å². The first-order valence-corrected chi connectivity index (χ1v) is 9.01. The molecule has 2 aromatic heterocycles. The minimum Gasteiger partial charge on any atom is -0.363 e. The van der Waals surface area contributed by atoms with Gasteiger partial charge in [-0.1, -0.05) is 35.5 Å². The second-order valence-electron chi connectivity index (χ2n) is 7.11. The second kappa shape index (κ2) is 6.31. The Balaban J connectivity index is 1.35. The van der Waals surface area contributed by atoms with Gasteiger partial charge in [0.05, 0.1) is 19.3 Å². The monoisotopic (exact) mass is 365 g/mol. The lowest BCUT2D eigenvalue weighted by atomic mass is 10.0. The SMILES string of the molecule is O=C(c1ccno1)N1CCC2(C1)Cn1c(nnc1Cc1ccccc1)CO2. The summed E-state index contributed by atoms with van der Waals surface area (Å²) in [6.07, 6.45) is 2.98. The minimum atomic E-state index is -0.406. The fourth-order valence-electron chi connectivity index (χ4n) is 3.87. The summed E-state index contributed by atoms with van der Waals surface area (Å²) in [5.74, 6) is 1.88. The number of amides is 1. The molecular weight excluding hydrogens is 346 g/mol. The largest absolute Gasteiger partial charge is 0.363 e. The summed E-state index contributed by atoms with van der Waals surface area (Å²) in [4.78, 5) is 14.3. The molecule has 0 N–H and O–H groups in total.